The molecule has 0 saturated carbocycles. The first-order chi connectivity index (χ1) is 6.57. The first-order valence-electron chi connectivity index (χ1n) is 5.48. The molecule has 2 atom stereocenters. The fraction of sp³-hybridized carbons (Fsp3) is 0.909. The van der Waals surface area contributed by atoms with Gasteiger partial charge in [0.05, 0.1) is 0 Å². The molecule has 0 radical (unpaired) electrons. The molecule has 0 spiro atoms. The number of unbranched alkanes of at least 4 members (excludes halogenated alkanes) is 3. The minimum absolute atomic E-state index is 0.412. The van der Waals surface area contributed by atoms with Crippen LogP contribution in [-0.2, 0) is 9.53 Å². The molecular weight excluding hydrogens is 180 g/mol. The molecule has 1 aliphatic rings. The van der Waals surface area contributed by atoms with Gasteiger partial charge in [0.25, 0.3) is 0 Å². The topological polar surface area (TPSA) is 46.5 Å². The molecule has 82 valence electrons. The van der Waals surface area contributed by atoms with Gasteiger partial charge in [-0.1, -0.05) is 26.2 Å². The molecule has 1 N–H and O–H groups in total. The molecular formula is C11H20O3. The summed E-state index contributed by atoms with van der Waals surface area (Å²) in [5.41, 5.74) is -0.412. The summed E-state index contributed by atoms with van der Waals surface area (Å²) >= 11 is 0. The number of carbonyl (C=O) groups excluding carboxylic acids is 1. The Balaban J connectivity index is 2.26. The maximum absolute atomic E-state index is 11.0. The fourth-order valence-corrected chi connectivity index (χ4v) is 1.92. The average Bonchev–Trinajstić information content (AvgIpc) is 2.36. The van der Waals surface area contributed by atoms with E-state index >= 15 is 0 Å². The number of ether oxygens (including phenoxy) is 1. The van der Waals surface area contributed by atoms with Gasteiger partial charge in [0.15, 0.2) is 6.10 Å². The van der Waals surface area contributed by atoms with Crippen molar-refractivity contribution < 1.29 is 14.6 Å². The van der Waals surface area contributed by atoms with Crippen molar-refractivity contribution in [3.63, 3.8) is 0 Å². The molecule has 0 unspecified atom stereocenters. The van der Waals surface area contributed by atoms with Gasteiger partial charge in [0, 0.05) is 6.42 Å². The molecule has 14 heavy (non-hydrogen) atoms. The molecule has 3 heteroatoms. The second kappa shape index (κ2) is 4.78. The Morgan fingerprint density at radius 1 is 1.50 bits per heavy atom. The van der Waals surface area contributed by atoms with Gasteiger partial charge < -0.3 is 9.84 Å². The molecule has 0 amide bonds. The normalized spacial score (nSPS) is 31.9. The van der Waals surface area contributed by atoms with E-state index in [0.717, 1.165) is 12.8 Å². The third kappa shape index (κ3) is 2.98. The number of aliphatic hydroxyl groups excluding tert-OH is 1. The molecule has 0 aromatic rings. The second-order valence-corrected chi connectivity index (χ2v) is 4.40. The lowest BCUT2D eigenvalue weighted by atomic mass is 9.94. The van der Waals surface area contributed by atoms with Crippen LogP contribution in [0.3, 0.4) is 0 Å². The Labute approximate surface area is 85.5 Å². The summed E-state index contributed by atoms with van der Waals surface area (Å²) in [6.07, 6.45) is 5.12. The van der Waals surface area contributed by atoms with Crippen molar-refractivity contribution in [1.29, 1.82) is 0 Å². The van der Waals surface area contributed by atoms with Crippen molar-refractivity contribution in [2.45, 2.75) is 64.1 Å². The molecule has 1 fully saturated rings. The third-order valence-corrected chi connectivity index (χ3v) is 2.80. The van der Waals surface area contributed by atoms with E-state index in [4.69, 9.17) is 4.74 Å². The van der Waals surface area contributed by atoms with Crippen molar-refractivity contribution in [3.05, 3.63) is 0 Å². The lowest BCUT2D eigenvalue weighted by Gasteiger charge is -2.21. The Hall–Kier alpha value is -0.570. The lowest BCUT2D eigenvalue weighted by Crippen LogP contribution is -2.23. The maximum atomic E-state index is 11.0. The zero-order chi connectivity index (χ0) is 10.6. The van der Waals surface area contributed by atoms with E-state index in [1.165, 1.54) is 19.3 Å². The van der Waals surface area contributed by atoms with Crippen LogP contribution in [0.4, 0.5) is 0 Å². The minimum atomic E-state index is -0.897. The van der Waals surface area contributed by atoms with E-state index in [9.17, 15) is 9.90 Å². The van der Waals surface area contributed by atoms with Gasteiger partial charge in [-0.25, -0.2) is 4.79 Å². The van der Waals surface area contributed by atoms with Gasteiger partial charge in [0.2, 0.25) is 0 Å². The number of hydrogen-bond donors (Lipinski definition) is 1. The molecule has 0 aromatic carbocycles. The smallest absolute Gasteiger partial charge is 0.335 e. The van der Waals surface area contributed by atoms with Crippen LogP contribution in [0.15, 0.2) is 0 Å². The van der Waals surface area contributed by atoms with E-state index in [1.54, 1.807) is 0 Å². The number of rotatable bonds is 5. The predicted octanol–water partition coefficient (Wildman–Crippen LogP) is 2.02. The summed E-state index contributed by atoms with van der Waals surface area (Å²) in [7, 11) is 0. The third-order valence-electron chi connectivity index (χ3n) is 2.80. The largest absolute Gasteiger partial charge is 0.457 e. The lowest BCUT2D eigenvalue weighted by molar-refractivity contribution is -0.152. The predicted molar refractivity (Wildman–Crippen MR) is 53.9 cm³/mol. The number of aliphatic hydroxyl groups is 1. The zero-order valence-electron chi connectivity index (χ0n) is 9.08. The van der Waals surface area contributed by atoms with E-state index in [1.807, 2.05) is 6.92 Å². The van der Waals surface area contributed by atoms with E-state index < -0.39 is 17.7 Å². The van der Waals surface area contributed by atoms with Gasteiger partial charge in [-0.05, 0) is 19.8 Å². The van der Waals surface area contributed by atoms with Crippen LogP contribution in [0, 0.1) is 0 Å². The summed E-state index contributed by atoms with van der Waals surface area (Å²) in [4.78, 5) is 11.0. The quantitative estimate of drug-likeness (QED) is 0.545. The Morgan fingerprint density at radius 3 is 2.71 bits per heavy atom. The Bertz CT molecular complexity index is 203. The molecule has 1 aliphatic heterocycles. The van der Waals surface area contributed by atoms with Crippen molar-refractivity contribution in [1.82, 2.24) is 0 Å². The van der Waals surface area contributed by atoms with Crippen molar-refractivity contribution >= 4 is 5.97 Å². The fourth-order valence-electron chi connectivity index (χ4n) is 1.92. The Kier molecular flexibility index (Phi) is 3.93. The summed E-state index contributed by atoms with van der Waals surface area (Å²) in [6.45, 7) is 4.08. The first kappa shape index (κ1) is 11.5. The van der Waals surface area contributed by atoms with Crippen LogP contribution >= 0.6 is 0 Å². The highest BCUT2D eigenvalue weighted by molar-refractivity contribution is 5.77. The van der Waals surface area contributed by atoms with Gasteiger partial charge in [-0.3, -0.25) is 0 Å². The van der Waals surface area contributed by atoms with Crippen molar-refractivity contribution in [3.8, 4) is 0 Å². The van der Waals surface area contributed by atoms with Gasteiger partial charge in [-0.2, -0.15) is 0 Å². The van der Waals surface area contributed by atoms with Crippen molar-refractivity contribution in [2.24, 2.45) is 0 Å². The van der Waals surface area contributed by atoms with Gasteiger partial charge >= 0.3 is 5.97 Å². The molecule has 3 nitrogen and oxygen atoms in total. The molecule has 1 saturated heterocycles. The molecule has 1 heterocycles. The van der Waals surface area contributed by atoms with E-state index in [2.05, 4.69) is 6.92 Å². The molecule has 0 bridgehead atoms. The first-order valence-corrected chi connectivity index (χ1v) is 5.48. The number of carbonyl (C=O) groups is 1. The Morgan fingerprint density at radius 2 is 2.21 bits per heavy atom. The minimum Gasteiger partial charge on any atom is -0.457 e. The van der Waals surface area contributed by atoms with Crippen LogP contribution in [0.25, 0.3) is 0 Å². The van der Waals surface area contributed by atoms with Crippen LogP contribution in [-0.4, -0.2) is 22.8 Å². The van der Waals surface area contributed by atoms with Crippen LogP contribution in [0.1, 0.15) is 52.4 Å². The van der Waals surface area contributed by atoms with Gasteiger partial charge in [-0.15, -0.1) is 0 Å². The highest BCUT2D eigenvalue weighted by Gasteiger charge is 2.41. The van der Waals surface area contributed by atoms with Crippen molar-refractivity contribution in [2.75, 3.05) is 0 Å². The number of hydrogen-bond acceptors (Lipinski definition) is 3. The molecule has 0 aliphatic carbocycles. The highest BCUT2D eigenvalue weighted by Crippen LogP contribution is 2.31. The number of cyclic esters (lactones) is 1. The highest BCUT2D eigenvalue weighted by atomic mass is 16.6. The second-order valence-electron chi connectivity index (χ2n) is 4.40. The summed E-state index contributed by atoms with van der Waals surface area (Å²) in [5.74, 6) is -0.456. The summed E-state index contributed by atoms with van der Waals surface area (Å²) < 4.78 is 5.15. The van der Waals surface area contributed by atoms with Crippen LogP contribution in [0.5, 0.6) is 0 Å². The van der Waals surface area contributed by atoms with Gasteiger partial charge in [0.1, 0.15) is 5.60 Å². The van der Waals surface area contributed by atoms with Crippen LogP contribution in [0.2, 0.25) is 0 Å². The van der Waals surface area contributed by atoms with Crippen LogP contribution < -0.4 is 0 Å². The van der Waals surface area contributed by atoms with E-state index in [0.29, 0.717) is 6.42 Å². The summed E-state index contributed by atoms with van der Waals surface area (Å²) in [6, 6.07) is 0. The monoisotopic (exact) mass is 200 g/mol. The molecule has 0 aromatic heterocycles. The summed E-state index contributed by atoms with van der Waals surface area (Å²) in [5, 5.41) is 9.26. The number of esters is 1. The molecule has 1 rings (SSSR count). The average molecular weight is 200 g/mol. The zero-order valence-corrected chi connectivity index (χ0v) is 9.08. The maximum Gasteiger partial charge on any atom is 0.335 e. The van der Waals surface area contributed by atoms with E-state index in [-0.39, 0.29) is 0 Å². The standard InChI is InChI=1S/C11H20O3/c1-3-4-5-6-7-11(2)8-9(12)10(13)14-11/h9,12H,3-8H2,1-2H3/t9-,11-/m0/s1. The SMILES string of the molecule is CCCCCC[C@@]1(C)C[C@H](O)C(=O)O1.